The lowest BCUT2D eigenvalue weighted by Gasteiger charge is -2.20. The largest absolute Gasteiger partial charge is 0.397 e. The van der Waals surface area contributed by atoms with E-state index in [0.717, 1.165) is 60.0 Å². The van der Waals surface area contributed by atoms with Crippen molar-refractivity contribution < 1.29 is 4.79 Å². The molecule has 30 heavy (non-hydrogen) atoms. The van der Waals surface area contributed by atoms with Crippen molar-refractivity contribution >= 4 is 49.5 Å². The van der Waals surface area contributed by atoms with Gasteiger partial charge < -0.3 is 11.1 Å². The number of thiophene rings is 2. The van der Waals surface area contributed by atoms with E-state index in [2.05, 4.69) is 31.3 Å². The Balaban J connectivity index is 1.49. The third-order valence-electron chi connectivity index (χ3n) is 6.39. The summed E-state index contributed by atoms with van der Waals surface area (Å²) in [6.45, 7) is 4.50. The predicted octanol–water partition coefficient (Wildman–Crippen LogP) is 5.31. The Kier molecular flexibility index (Phi) is 4.79. The maximum Gasteiger partial charge on any atom is 0.268 e. The van der Waals surface area contributed by atoms with Crippen molar-refractivity contribution in [3.8, 4) is 6.07 Å². The zero-order valence-corrected chi connectivity index (χ0v) is 18.8. The Labute approximate surface area is 183 Å². The van der Waals surface area contributed by atoms with E-state index >= 15 is 0 Å². The zero-order valence-electron chi connectivity index (χ0n) is 17.2. The van der Waals surface area contributed by atoms with Gasteiger partial charge in [0.1, 0.15) is 20.8 Å². The number of fused-ring (bicyclic) bond motifs is 3. The first kappa shape index (κ1) is 19.5. The number of aryl methyl sites for hydroxylation is 1. The number of hydrogen-bond donors (Lipinski definition) is 2. The van der Waals surface area contributed by atoms with Crippen LogP contribution >= 0.6 is 22.7 Å². The monoisotopic (exact) mass is 436 g/mol. The number of nitrogens with zero attached hydrogens (tertiary/aromatic N) is 2. The number of nitriles is 1. The lowest BCUT2D eigenvalue weighted by atomic mass is 9.87. The number of rotatable bonds is 2. The normalized spacial score (nSPS) is 20.4. The summed E-state index contributed by atoms with van der Waals surface area (Å²) in [6.07, 6.45) is 6.12. The predicted molar refractivity (Wildman–Crippen MR) is 123 cm³/mol. The fourth-order valence-electron chi connectivity index (χ4n) is 4.66. The quantitative estimate of drug-likeness (QED) is 0.569. The van der Waals surface area contributed by atoms with E-state index < -0.39 is 0 Å². The van der Waals surface area contributed by atoms with Crippen molar-refractivity contribution in [3.63, 3.8) is 0 Å². The third kappa shape index (κ3) is 3.19. The summed E-state index contributed by atoms with van der Waals surface area (Å²) in [5.41, 5.74) is 11.0. The van der Waals surface area contributed by atoms with Crippen LogP contribution in [0, 0.1) is 23.2 Å². The Morgan fingerprint density at radius 3 is 2.80 bits per heavy atom. The summed E-state index contributed by atoms with van der Waals surface area (Å²) < 4.78 is 0. The topological polar surface area (TPSA) is 91.8 Å². The lowest BCUT2D eigenvalue weighted by molar-refractivity contribution is 0.103. The van der Waals surface area contributed by atoms with Crippen LogP contribution in [0.4, 0.5) is 10.7 Å². The van der Waals surface area contributed by atoms with E-state index in [0.29, 0.717) is 33.0 Å². The average molecular weight is 437 g/mol. The minimum Gasteiger partial charge on any atom is -0.397 e. The Hall–Kier alpha value is -2.43. The van der Waals surface area contributed by atoms with Gasteiger partial charge >= 0.3 is 0 Å². The molecule has 2 atom stereocenters. The summed E-state index contributed by atoms with van der Waals surface area (Å²) in [5, 5.41) is 14.2. The smallest absolute Gasteiger partial charge is 0.268 e. The molecular weight excluding hydrogens is 412 g/mol. The molecule has 5 rings (SSSR count). The van der Waals surface area contributed by atoms with Crippen molar-refractivity contribution in [2.75, 3.05) is 11.1 Å². The van der Waals surface area contributed by atoms with Crippen LogP contribution in [0.5, 0.6) is 0 Å². The van der Waals surface area contributed by atoms with Crippen molar-refractivity contribution in [1.82, 2.24) is 4.98 Å². The van der Waals surface area contributed by atoms with Crippen molar-refractivity contribution in [2.24, 2.45) is 11.8 Å². The first-order valence-corrected chi connectivity index (χ1v) is 12.1. The van der Waals surface area contributed by atoms with Crippen LogP contribution in [0.2, 0.25) is 0 Å². The van der Waals surface area contributed by atoms with Crippen LogP contribution in [0.15, 0.2) is 6.07 Å². The van der Waals surface area contributed by atoms with Crippen molar-refractivity contribution in [2.45, 2.75) is 52.4 Å². The Morgan fingerprint density at radius 1 is 1.23 bits per heavy atom. The number of carbonyl (C=O) groups is 1. The first-order chi connectivity index (χ1) is 14.4. The molecule has 0 spiro atoms. The van der Waals surface area contributed by atoms with E-state index in [1.165, 1.54) is 21.8 Å². The van der Waals surface area contributed by atoms with Gasteiger partial charge in [-0.2, -0.15) is 5.26 Å². The van der Waals surface area contributed by atoms with Crippen LogP contribution in [0.1, 0.15) is 63.6 Å². The van der Waals surface area contributed by atoms with E-state index in [9.17, 15) is 10.1 Å². The SMILES string of the molecule is CC1CCc2nc3sc(C(=O)Nc4sc5c(c4C#N)CCC(C)C5)c(N)c3cc2C1. The molecule has 3 N–H and O–H groups in total. The second-order valence-corrected chi connectivity index (χ2v) is 10.9. The second kappa shape index (κ2) is 7.36. The van der Waals surface area contributed by atoms with E-state index in [-0.39, 0.29) is 5.91 Å². The average Bonchev–Trinajstić information content (AvgIpc) is 3.22. The van der Waals surface area contributed by atoms with Crippen molar-refractivity contribution in [3.05, 3.63) is 38.2 Å². The van der Waals surface area contributed by atoms with Gasteiger partial charge in [-0.15, -0.1) is 22.7 Å². The Morgan fingerprint density at radius 2 is 2.00 bits per heavy atom. The molecule has 2 unspecified atom stereocenters. The molecule has 2 aliphatic rings. The molecule has 0 radical (unpaired) electrons. The van der Waals surface area contributed by atoms with Crippen LogP contribution in [0.3, 0.4) is 0 Å². The number of aromatic nitrogens is 1. The van der Waals surface area contributed by atoms with E-state index in [1.54, 1.807) is 11.3 Å². The van der Waals surface area contributed by atoms with Gasteiger partial charge in [-0.3, -0.25) is 4.79 Å². The van der Waals surface area contributed by atoms with Gasteiger partial charge in [0.2, 0.25) is 0 Å². The molecule has 0 aromatic carbocycles. The minimum absolute atomic E-state index is 0.245. The molecule has 3 aromatic rings. The summed E-state index contributed by atoms with van der Waals surface area (Å²) in [6, 6.07) is 4.44. The van der Waals surface area contributed by atoms with Gasteiger partial charge in [-0.25, -0.2) is 4.98 Å². The highest BCUT2D eigenvalue weighted by Crippen LogP contribution is 2.41. The molecule has 7 heteroatoms. The minimum atomic E-state index is -0.245. The molecule has 0 aliphatic heterocycles. The molecule has 0 saturated carbocycles. The van der Waals surface area contributed by atoms with Gasteiger partial charge in [0.05, 0.1) is 11.3 Å². The standard InChI is InChI=1S/C23H24N4OS2/c1-11-4-6-17-13(7-11)9-15-19(25)20(30-22(15)26-17)21(28)27-23-16(10-24)14-5-3-12(2)8-18(14)29-23/h9,11-12H,3-8,25H2,1-2H3,(H,27,28). The lowest BCUT2D eigenvalue weighted by Crippen LogP contribution is -2.13. The van der Waals surface area contributed by atoms with E-state index in [4.69, 9.17) is 10.7 Å². The molecular formula is C23H24N4OS2. The molecule has 2 aliphatic carbocycles. The number of amides is 1. The number of nitrogen functional groups attached to an aromatic ring is 1. The maximum absolute atomic E-state index is 13.1. The van der Waals surface area contributed by atoms with Gasteiger partial charge in [0, 0.05) is 16.0 Å². The van der Waals surface area contributed by atoms with Gasteiger partial charge in [-0.05, 0) is 67.6 Å². The maximum atomic E-state index is 13.1. The highest BCUT2D eigenvalue weighted by atomic mass is 32.1. The molecule has 3 aromatic heterocycles. The van der Waals surface area contributed by atoms with Crippen LogP contribution in [-0.4, -0.2) is 10.9 Å². The number of nitrogens with one attached hydrogen (secondary N) is 1. The van der Waals surface area contributed by atoms with Crippen molar-refractivity contribution in [1.29, 1.82) is 5.26 Å². The first-order valence-electron chi connectivity index (χ1n) is 10.5. The van der Waals surface area contributed by atoms with Crippen LogP contribution in [0.25, 0.3) is 10.2 Å². The Bertz CT molecular complexity index is 1220. The summed E-state index contributed by atoms with van der Waals surface area (Å²) in [4.78, 5) is 20.5. The third-order valence-corrected chi connectivity index (χ3v) is 8.67. The molecule has 0 saturated heterocycles. The van der Waals surface area contributed by atoms with Crippen LogP contribution < -0.4 is 11.1 Å². The summed E-state index contributed by atoms with van der Waals surface area (Å²) in [7, 11) is 0. The molecule has 154 valence electrons. The molecule has 1 amide bonds. The second-order valence-electron chi connectivity index (χ2n) is 8.76. The number of pyridine rings is 1. The molecule has 5 nitrogen and oxygen atoms in total. The zero-order chi connectivity index (χ0) is 21.0. The number of carbonyl (C=O) groups excluding carboxylic acids is 1. The molecule has 0 fully saturated rings. The van der Waals surface area contributed by atoms with Gasteiger partial charge in [-0.1, -0.05) is 13.8 Å². The fourth-order valence-corrected chi connectivity index (χ4v) is 7.01. The molecule has 0 bridgehead atoms. The number of anilines is 2. The number of nitrogens with two attached hydrogens (primary N) is 1. The number of hydrogen-bond acceptors (Lipinski definition) is 6. The summed E-state index contributed by atoms with van der Waals surface area (Å²) >= 11 is 2.89. The highest BCUT2D eigenvalue weighted by molar-refractivity contribution is 7.21. The van der Waals surface area contributed by atoms with Crippen LogP contribution in [-0.2, 0) is 25.7 Å². The van der Waals surface area contributed by atoms with E-state index in [1.807, 2.05) is 0 Å². The van der Waals surface area contributed by atoms with Gasteiger partial charge in [0.15, 0.2) is 0 Å². The summed E-state index contributed by atoms with van der Waals surface area (Å²) in [5.74, 6) is 1.02. The fraction of sp³-hybridized carbons (Fsp3) is 0.435. The highest BCUT2D eigenvalue weighted by Gasteiger charge is 2.27. The molecule has 3 heterocycles. The van der Waals surface area contributed by atoms with Gasteiger partial charge in [0.25, 0.3) is 5.91 Å².